The zero-order chi connectivity index (χ0) is 7.82. The summed E-state index contributed by atoms with van der Waals surface area (Å²) in [6.45, 7) is 2.15. The molecular formula is C8H16NiO2Zr. The molecule has 0 spiro atoms. The minimum atomic E-state index is -0.670. The van der Waals surface area contributed by atoms with Crippen LogP contribution in [0.15, 0.2) is 0 Å². The number of carboxylic acid groups (broad SMARTS) is 1. The summed E-state index contributed by atoms with van der Waals surface area (Å²) in [7, 11) is 0. The monoisotopic (exact) mass is 292 g/mol. The molecule has 2 nitrogen and oxygen atoms in total. The molecule has 0 unspecified atom stereocenters. The van der Waals surface area contributed by atoms with Gasteiger partial charge in [-0.05, 0) is 6.42 Å². The number of carbonyl (C=O) groups is 1. The van der Waals surface area contributed by atoms with Gasteiger partial charge in [-0.25, -0.2) is 0 Å². The van der Waals surface area contributed by atoms with Crippen molar-refractivity contribution in [3.63, 3.8) is 0 Å². The fraction of sp³-hybridized carbons (Fsp3) is 0.875. The van der Waals surface area contributed by atoms with Crippen molar-refractivity contribution < 1.29 is 52.6 Å². The zero-order valence-electron chi connectivity index (χ0n) is 7.41. The summed E-state index contributed by atoms with van der Waals surface area (Å²) >= 11 is 0. The maximum atomic E-state index is 10.0. The fourth-order valence-corrected chi connectivity index (χ4v) is 0.880. The van der Waals surface area contributed by atoms with Gasteiger partial charge in [0.25, 0.3) is 0 Å². The van der Waals surface area contributed by atoms with Crippen molar-refractivity contribution in [1.82, 2.24) is 0 Å². The van der Waals surface area contributed by atoms with E-state index in [0.717, 1.165) is 12.8 Å². The molecule has 0 saturated heterocycles. The number of carboxylic acids is 1. The summed E-state index contributed by atoms with van der Waals surface area (Å²) < 4.78 is 0. The van der Waals surface area contributed by atoms with Gasteiger partial charge in [-0.15, -0.1) is 0 Å². The predicted molar refractivity (Wildman–Crippen MR) is 41.0 cm³/mol. The van der Waals surface area contributed by atoms with E-state index in [1.807, 2.05) is 0 Å². The summed E-state index contributed by atoms with van der Waals surface area (Å²) in [6, 6.07) is 0. The summed E-state index contributed by atoms with van der Waals surface area (Å²) in [6.07, 6.45) is 5.88. The van der Waals surface area contributed by atoms with Gasteiger partial charge < -0.3 is 5.11 Å². The summed E-state index contributed by atoms with van der Waals surface area (Å²) in [4.78, 5) is 10.0. The number of hydrogen-bond donors (Lipinski definition) is 1. The molecular weight excluding hydrogens is 278 g/mol. The second-order valence-electron chi connectivity index (χ2n) is 2.56. The molecule has 74 valence electrons. The van der Waals surface area contributed by atoms with Gasteiger partial charge in [0, 0.05) is 49.1 Å². The summed E-state index contributed by atoms with van der Waals surface area (Å²) in [5.74, 6) is -0.670. The van der Waals surface area contributed by atoms with E-state index in [9.17, 15) is 4.79 Å². The van der Waals surface area contributed by atoms with Crippen LogP contribution in [0.25, 0.3) is 0 Å². The Morgan fingerprint density at radius 3 is 2.08 bits per heavy atom. The Hall–Kier alpha value is 0.847. The van der Waals surface area contributed by atoms with E-state index < -0.39 is 5.97 Å². The fourth-order valence-electron chi connectivity index (χ4n) is 0.880. The normalized spacial score (nSPS) is 8.08. The van der Waals surface area contributed by atoms with Gasteiger partial charge in [-0.3, -0.25) is 4.79 Å². The molecule has 0 aromatic heterocycles. The van der Waals surface area contributed by atoms with E-state index in [4.69, 9.17) is 5.11 Å². The number of rotatable bonds is 6. The molecule has 0 heterocycles. The molecule has 0 atom stereocenters. The zero-order valence-corrected chi connectivity index (χ0v) is 10.9. The van der Waals surface area contributed by atoms with Crippen LogP contribution in [0.1, 0.15) is 45.4 Å². The van der Waals surface area contributed by atoms with Crippen LogP contribution in [0.4, 0.5) is 0 Å². The maximum absolute atomic E-state index is 10.0. The molecule has 0 saturated carbocycles. The SMILES string of the molecule is CCCCCCCC(=O)O.[Ni].[Zr]. The van der Waals surface area contributed by atoms with Gasteiger partial charge >= 0.3 is 5.97 Å². The van der Waals surface area contributed by atoms with Crippen LogP contribution in [0, 0.1) is 0 Å². The van der Waals surface area contributed by atoms with Gasteiger partial charge in [0.1, 0.15) is 0 Å². The minimum absolute atomic E-state index is 0. The van der Waals surface area contributed by atoms with Gasteiger partial charge in [0.05, 0.1) is 0 Å². The van der Waals surface area contributed by atoms with E-state index >= 15 is 0 Å². The van der Waals surface area contributed by atoms with Crippen molar-refractivity contribution in [3.8, 4) is 0 Å². The molecule has 1 N–H and O–H groups in total. The molecule has 0 fully saturated rings. The third-order valence-electron chi connectivity index (χ3n) is 1.49. The Labute approximate surface area is 104 Å². The molecule has 0 aliphatic heterocycles. The number of unbranched alkanes of at least 4 members (excludes halogenated alkanes) is 4. The van der Waals surface area contributed by atoms with E-state index in [1.54, 1.807) is 0 Å². The molecule has 0 aliphatic carbocycles. The molecule has 0 bridgehead atoms. The molecule has 0 radical (unpaired) electrons. The van der Waals surface area contributed by atoms with Crippen LogP contribution in [-0.2, 0) is 47.5 Å². The standard InChI is InChI=1S/C8H16O2.Ni.Zr/c1-2-3-4-5-6-7-8(9)10;;/h2-7H2,1H3,(H,9,10);;. The van der Waals surface area contributed by atoms with Crippen molar-refractivity contribution in [2.75, 3.05) is 0 Å². The van der Waals surface area contributed by atoms with E-state index in [-0.39, 0.29) is 42.7 Å². The van der Waals surface area contributed by atoms with Gasteiger partial charge in [0.15, 0.2) is 0 Å². The number of hydrogen-bond acceptors (Lipinski definition) is 1. The van der Waals surface area contributed by atoms with Crippen LogP contribution < -0.4 is 0 Å². The predicted octanol–water partition coefficient (Wildman–Crippen LogP) is 2.43. The summed E-state index contributed by atoms with van der Waals surface area (Å²) in [5.41, 5.74) is 0. The van der Waals surface area contributed by atoms with Crippen LogP contribution in [0.3, 0.4) is 0 Å². The Morgan fingerprint density at radius 2 is 1.67 bits per heavy atom. The average molecular weight is 294 g/mol. The average Bonchev–Trinajstić information content (AvgIpc) is 1.87. The minimum Gasteiger partial charge on any atom is -0.481 e. The van der Waals surface area contributed by atoms with E-state index in [1.165, 1.54) is 19.3 Å². The van der Waals surface area contributed by atoms with Gasteiger partial charge in [-0.1, -0.05) is 32.6 Å². The third kappa shape index (κ3) is 17.1. The maximum Gasteiger partial charge on any atom is 0.303 e. The first kappa shape index (κ1) is 18.6. The largest absolute Gasteiger partial charge is 0.481 e. The first-order chi connectivity index (χ1) is 4.77. The van der Waals surface area contributed by atoms with Crippen LogP contribution in [-0.4, -0.2) is 11.1 Å². The Morgan fingerprint density at radius 1 is 1.17 bits per heavy atom. The van der Waals surface area contributed by atoms with Crippen molar-refractivity contribution in [3.05, 3.63) is 0 Å². The Kier molecular flexibility index (Phi) is 22.3. The van der Waals surface area contributed by atoms with Crippen molar-refractivity contribution in [1.29, 1.82) is 0 Å². The topological polar surface area (TPSA) is 37.3 Å². The molecule has 0 aromatic carbocycles. The first-order valence-electron chi connectivity index (χ1n) is 3.99. The molecule has 12 heavy (non-hydrogen) atoms. The van der Waals surface area contributed by atoms with Crippen molar-refractivity contribution >= 4 is 5.97 Å². The van der Waals surface area contributed by atoms with Crippen LogP contribution in [0.2, 0.25) is 0 Å². The molecule has 0 aromatic rings. The smallest absolute Gasteiger partial charge is 0.303 e. The molecule has 0 aliphatic rings. The molecule has 0 rings (SSSR count). The Bertz CT molecular complexity index is 99.1. The second kappa shape index (κ2) is 14.4. The van der Waals surface area contributed by atoms with Crippen LogP contribution in [0.5, 0.6) is 0 Å². The second-order valence-corrected chi connectivity index (χ2v) is 2.56. The van der Waals surface area contributed by atoms with Crippen molar-refractivity contribution in [2.24, 2.45) is 0 Å². The molecule has 4 heteroatoms. The van der Waals surface area contributed by atoms with E-state index in [2.05, 4.69) is 6.92 Å². The van der Waals surface area contributed by atoms with Gasteiger partial charge in [0.2, 0.25) is 0 Å². The van der Waals surface area contributed by atoms with Crippen LogP contribution >= 0.6 is 0 Å². The first-order valence-corrected chi connectivity index (χ1v) is 3.99. The van der Waals surface area contributed by atoms with Gasteiger partial charge in [-0.2, -0.15) is 0 Å². The molecule has 0 amide bonds. The van der Waals surface area contributed by atoms with Crippen molar-refractivity contribution in [2.45, 2.75) is 45.4 Å². The number of aliphatic carboxylic acids is 1. The summed E-state index contributed by atoms with van der Waals surface area (Å²) in [5, 5.41) is 8.27. The quantitative estimate of drug-likeness (QED) is 0.603. The third-order valence-corrected chi connectivity index (χ3v) is 1.49. The van der Waals surface area contributed by atoms with E-state index in [0.29, 0.717) is 6.42 Å². The Balaban J connectivity index is -0.000000405.